The quantitative estimate of drug-likeness (QED) is 0.168. The van der Waals surface area contributed by atoms with Crippen LogP contribution in [0.5, 0.6) is 0 Å². The van der Waals surface area contributed by atoms with Crippen molar-refractivity contribution in [3.63, 3.8) is 0 Å². The molecule has 188 valence electrons. The molecule has 7 heteroatoms. The molecule has 0 aliphatic rings. The first-order chi connectivity index (χ1) is 16.5. The van der Waals surface area contributed by atoms with Crippen molar-refractivity contribution in [1.82, 2.24) is 10.4 Å². The number of ether oxygens (including phenoxy) is 1. The summed E-state index contributed by atoms with van der Waals surface area (Å²) in [5.41, 5.74) is 13.6. The Kier molecular flexibility index (Phi) is 9.93. The van der Waals surface area contributed by atoms with Gasteiger partial charge >= 0.3 is 11.7 Å². The minimum Gasteiger partial charge on any atom is -0.453 e. The molecule has 7 nitrogen and oxygen atoms in total. The van der Waals surface area contributed by atoms with Crippen molar-refractivity contribution in [3.8, 4) is 0 Å². The number of nitrogens with zero attached hydrogens (tertiary/aromatic N) is 3. The molecule has 2 rings (SSSR count). The maximum absolute atomic E-state index is 13.3. The van der Waals surface area contributed by atoms with Crippen molar-refractivity contribution < 1.29 is 19.1 Å². The third-order valence-corrected chi connectivity index (χ3v) is 5.74. The summed E-state index contributed by atoms with van der Waals surface area (Å²) >= 11 is 0. The van der Waals surface area contributed by atoms with Crippen LogP contribution in [0.15, 0.2) is 60.7 Å². The van der Waals surface area contributed by atoms with Crippen molar-refractivity contribution in [2.24, 2.45) is 17.3 Å². The van der Waals surface area contributed by atoms with Gasteiger partial charge in [-0.15, -0.1) is 0 Å². The van der Waals surface area contributed by atoms with Gasteiger partial charge in [0, 0.05) is 12.1 Å². The molecule has 1 N–H and O–H groups in total. The topological polar surface area (TPSA) is 95.0 Å². The van der Waals surface area contributed by atoms with Crippen molar-refractivity contribution in [2.45, 2.75) is 67.2 Å². The monoisotopic (exact) mass is 478 g/mol. The zero-order chi connectivity index (χ0) is 26.2. The van der Waals surface area contributed by atoms with Gasteiger partial charge in [-0.2, -0.15) is 4.79 Å². The molecule has 0 saturated heterocycles. The Morgan fingerprint density at radius 2 is 1.46 bits per heavy atom. The SMILES string of the molecule is CC(C)C(OC(=O)C(=[N+]=[N-])[C@H](N(Cc1ccccc1)NC(=O)c1ccccc1)C(C)(C)C)C(C)C. The normalized spacial score (nSPS) is 12.5. The lowest BCUT2D eigenvalue weighted by atomic mass is 9.83. The Bertz CT molecular complexity index is 1020. The van der Waals surface area contributed by atoms with Crippen LogP contribution < -0.4 is 5.43 Å². The second-order valence-electron chi connectivity index (χ2n) is 10.5. The fraction of sp³-hybridized carbons (Fsp3) is 0.464. The average molecular weight is 479 g/mol. The first-order valence-electron chi connectivity index (χ1n) is 12.0. The first-order valence-corrected chi connectivity index (χ1v) is 12.0. The molecule has 0 aliphatic carbocycles. The third-order valence-electron chi connectivity index (χ3n) is 5.74. The summed E-state index contributed by atoms with van der Waals surface area (Å²) in [5.74, 6) is -0.856. The van der Waals surface area contributed by atoms with Gasteiger partial charge in [-0.3, -0.25) is 10.2 Å². The van der Waals surface area contributed by atoms with Crippen LogP contribution in [0.3, 0.4) is 0 Å². The Balaban J connectivity index is 2.49. The van der Waals surface area contributed by atoms with Gasteiger partial charge in [0.25, 0.3) is 5.91 Å². The lowest BCUT2D eigenvalue weighted by molar-refractivity contribution is -0.152. The van der Waals surface area contributed by atoms with E-state index in [1.807, 2.05) is 84.9 Å². The molecule has 0 heterocycles. The van der Waals surface area contributed by atoms with Gasteiger partial charge in [0.15, 0.2) is 0 Å². The van der Waals surface area contributed by atoms with Crippen molar-refractivity contribution in [3.05, 3.63) is 77.3 Å². The van der Waals surface area contributed by atoms with Crippen LogP contribution in [0, 0.1) is 17.3 Å². The molecule has 0 saturated carbocycles. The van der Waals surface area contributed by atoms with Crippen molar-refractivity contribution in [2.75, 3.05) is 0 Å². The lowest BCUT2D eigenvalue weighted by Crippen LogP contribution is -2.58. The third kappa shape index (κ3) is 7.88. The van der Waals surface area contributed by atoms with Crippen LogP contribution in [0.4, 0.5) is 0 Å². The van der Waals surface area contributed by atoms with Crippen LogP contribution in [0.2, 0.25) is 0 Å². The standard InChI is InChI=1S/C28H38N4O3/c1-19(2)24(20(3)4)35-27(34)23(30-29)25(28(5,6)7)32(18-21-14-10-8-11-15-21)31-26(33)22-16-12-9-13-17-22/h8-17,19-20,24-25H,18H2,1-7H3,(H,31,33)/t25-/m0/s1. The summed E-state index contributed by atoms with van der Waals surface area (Å²) < 4.78 is 5.82. The number of hydrazine groups is 1. The van der Waals surface area contributed by atoms with E-state index in [0.717, 1.165) is 5.56 Å². The van der Waals surface area contributed by atoms with E-state index in [-0.39, 0.29) is 36.1 Å². The van der Waals surface area contributed by atoms with Crippen LogP contribution in [0.25, 0.3) is 5.53 Å². The highest BCUT2D eigenvalue weighted by atomic mass is 16.5. The highest BCUT2D eigenvalue weighted by Crippen LogP contribution is 2.27. The molecule has 0 aromatic heterocycles. The Hall–Kier alpha value is -3.28. The van der Waals surface area contributed by atoms with Gasteiger partial charge in [0.2, 0.25) is 0 Å². The fourth-order valence-corrected chi connectivity index (χ4v) is 4.22. The zero-order valence-corrected chi connectivity index (χ0v) is 21.9. The number of carbonyl (C=O) groups is 2. The number of rotatable bonds is 10. The number of hydrogen-bond acceptors (Lipinski definition) is 4. The molecular weight excluding hydrogens is 440 g/mol. The van der Waals surface area contributed by atoms with E-state index in [1.165, 1.54) is 0 Å². The van der Waals surface area contributed by atoms with Gasteiger partial charge in [0.1, 0.15) is 12.1 Å². The van der Waals surface area contributed by atoms with E-state index >= 15 is 0 Å². The maximum Gasteiger partial charge on any atom is 0.419 e. The van der Waals surface area contributed by atoms with E-state index in [9.17, 15) is 15.1 Å². The molecule has 0 fully saturated rings. The first kappa shape index (κ1) is 28.0. The van der Waals surface area contributed by atoms with Gasteiger partial charge in [-0.1, -0.05) is 97.0 Å². The van der Waals surface area contributed by atoms with Crippen molar-refractivity contribution >= 4 is 17.6 Å². The summed E-state index contributed by atoms with van der Waals surface area (Å²) in [6, 6.07) is 17.6. The molecule has 0 spiro atoms. The molecular formula is C28H38N4O3. The van der Waals surface area contributed by atoms with Crippen LogP contribution in [0.1, 0.15) is 64.4 Å². The molecule has 1 amide bonds. The smallest absolute Gasteiger partial charge is 0.419 e. The van der Waals surface area contributed by atoms with Crippen LogP contribution >= 0.6 is 0 Å². The van der Waals surface area contributed by atoms with E-state index in [0.29, 0.717) is 5.56 Å². The largest absolute Gasteiger partial charge is 0.453 e. The highest BCUT2D eigenvalue weighted by molar-refractivity contribution is 6.36. The number of benzene rings is 2. The Morgan fingerprint density at radius 1 is 0.943 bits per heavy atom. The predicted molar refractivity (Wildman–Crippen MR) is 137 cm³/mol. The second kappa shape index (κ2) is 12.4. The molecule has 0 bridgehead atoms. The van der Waals surface area contributed by atoms with Crippen LogP contribution in [-0.4, -0.2) is 39.5 Å². The van der Waals surface area contributed by atoms with E-state index in [1.54, 1.807) is 29.3 Å². The summed E-state index contributed by atoms with van der Waals surface area (Å²) in [6.07, 6.45) is -0.346. The number of amides is 1. The van der Waals surface area contributed by atoms with Crippen molar-refractivity contribution in [1.29, 1.82) is 0 Å². The maximum atomic E-state index is 13.3. The molecule has 0 radical (unpaired) electrons. The molecule has 0 aliphatic heterocycles. The highest BCUT2D eigenvalue weighted by Gasteiger charge is 2.46. The second-order valence-corrected chi connectivity index (χ2v) is 10.5. The summed E-state index contributed by atoms with van der Waals surface area (Å²) in [5, 5.41) is 1.65. The van der Waals surface area contributed by atoms with Gasteiger partial charge < -0.3 is 10.3 Å². The summed E-state index contributed by atoms with van der Waals surface area (Å²) in [7, 11) is 0. The number of esters is 1. The summed E-state index contributed by atoms with van der Waals surface area (Å²) in [4.78, 5) is 29.9. The molecule has 0 unspecified atom stereocenters. The predicted octanol–water partition coefficient (Wildman–Crippen LogP) is 5.14. The lowest BCUT2D eigenvalue weighted by Gasteiger charge is -2.37. The minimum atomic E-state index is -0.784. The Morgan fingerprint density at radius 3 is 1.91 bits per heavy atom. The molecule has 2 aromatic carbocycles. The van der Waals surface area contributed by atoms with E-state index < -0.39 is 17.4 Å². The van der Waals surface area contributed by atoms with Gasteiger partial charge in [-0.05, 0) is 34.9 Å². The summed E-state index contributed by atoms with van der Waals surface area (Å²) in [6.45, 7) is 14.0. The fourth-order valence-electron chi connectivity index (χ4n) is 4.22. The van der Waals surface area contributed by atoms with Crippen LogP contribution in [-0.2, 0) is 16.1 Å². The Labute approximate surface area is 209 Å². The molecule has 2 aromatic rings. The van der Waals surface area contributed by atoms with E-state index in [2.05, 4.69) is 10.2 Å². The van der Waals surface area contributed by atoms with Gasteiger partial charge in [0.05, 0.1) is 0 Å². The zero-order valence-electron chi connectivity index (χ0n) is 21.9. The molecule has 1 atom stereocenters. The number of hydrogen-bond donors (Lipinski definition) is 1. The molecule has 35 heavy (non-hydrogen) atoms. The van der Waals surface area contributed by atoms with Gasteiger partial charge in [-0.25, -0.2) is 9.80 Å². The number of carbonyl (C=O) groups excluding carboxylic acids is 2. The minimum absolute atomic E-state index is 0.0881. The average Bonchev–Trinajstić information content (AvgIpc) is 2.80. The number of nitrogens with one attached hydrogen (secondary N) is 1. The van der Waals surface area contributed by atoms with E-state index in [4.69, 9.17) is 4.74 Å².